The smallest absolute Gasteiger partial charge is 0.270 e. The number of phenolic OH excluding ortho intramolecular Hbond substituents is 1. The predicted molar refractivity (Wildman–Crippen MR) is 90.9 cm³/mol. The van der Waals surface area contributed by atoms with Gasteiger partial charge in [-0.2, -0.15) is 0 Å². The standard InChI is InChI=1S/C16H26NO3P/c1-4-9-21(10-5-2,11-6-3)13-14-12-15(17(19)20)7-8-16(14)18/h7-8,12H,4-6,9-11,13H2,1-3H3/p+1. The molecule has 0 bridgehead atoms. The minimum Gasteiger partial charge on any atom is -0.508 e. The second kappa shape index (κ2) is 8.33. The zero-order chi connectivity index (χ0) is 15.9. The van der Waals surface area contributed by atoms with Crippen LogP contribution >= 0.6 is 7.26 Å². The number of nitro groups is 1. The van der Waals surface area contributed by atoms with Crippen LogP contribution in [0.15, 0.2) is 18.2 Å². The molecule has 5 heteroatoms. The predicted octanol–water partition coefficient (Wildman–Crippen LogP) is 5.05. The van der Waals surface area contributed by atoms with Crippen LogP contribution in [0.3, 0.4) is 0 Å². The fourth-order valence-corrected chi connectivity index (χ4v) is 8.14. The maximum Gasteiger partial charge on any atom is 0.270 e. The van der Waals surface area contributed by atoms with Crippen molar-refractivity contribution in [1.82, 2.24) is 0 Å². The summed E-state index contributed by atoms with van der Waals surface area (Å²) in [4.78, 5) is 10.6. The maximum absolute atomic E-state index is 10.9. The average Bonchev–Trinajstić information content (AvgIpc) is 2.42. The van der Waals surface area contributed by atoms with Gasteiger partial charge in [-0.3, -0.25) is 10.1 Å². The highest BCUT2D eigenvalue weighted by Crippen LogP contribution is 2.63. The van der Waals surface area contributed by atoms with Crippen molar-refractivity contribution in [2.45, 2.75) is 46.2 Å². The minimum atomic E-state index is -1.18. The van der Waals surface area contributed by atoms with E-state index in [9.17, 15) is 15.2 Å². The van der Waals surface area contributed by atoms with Crippen LogP contribution in [-0.4, -0.2) is 28.5 Å². The largest absolute Gasteiger partial charge is 0.508 e. The molecule has 0 aromatic heterocycles. The molecule has 118 valence electrons. The number of hydrogen-bond acceptors (Lipinski definition) is 3. The van der Waals surface area contributed by atoms with E-state index in [0.717, 1.165) is 31.0 Å². The Morgan fingerprint density at radius 3 is 2.05 bits per heavy atom. The van der Waals surface area contributed by atoms with Crippen LogP contribution in [0.2, 0.25) is 0 Å². The minimum absolute atomic E-state index is 0.0744. The summed E-state index contributed by atoms with van der Waals surface area (Å²) in [6, 6.07) is 4.40. The summed E-state index contributed by atoms with van der Waals surface area (Å²) in [6.07, 6.45) is 7.87. The lowest BCUT2D eigenvalue weighted by Gasteiger charge is -2.27. The van der Waals surface area contributed by atoms with Gasteiger partial charge < -0.3 is 5.11 Å². The van der Waals surface area contributed by atoms with Gasteiger partial charge in [-0.25, -0.2) is 0 Å². The van der Waals surface area contributed by atoms with Crippen molar-refractivity contribution < 1.29 is 10.0 Å². The molecule has 1 N–H and O–H groups in total. The summed E-state index contributed by atoms with van der Waals surface area (Å²) in [5.74, 6) is 0.202. The average molecular weight is 312 g/mol. The number of nitro benzene ring substituents is 1. The first kappa shape index (κ1) is 17.9. The molecule has 0 unspecified atom stereocenters. The summed E-state index contributed by atoms with van der Waals surface area (Å²) >= 11 is 0. The van der Waals surface area contributed by atoms with Crippen LogP contribution in [0.25, 0.3) is 0 Å². The Balaban J connectivity index is 3.11. The Morgan fingerprint density at radius 1 is 1.10 bits per heavy atom. The Morgan fingerprint density at radius 2 is 1.62 bits per heavy atom. The third-order valence-electron chi connectivity index (χ3n) is 3.87. The van der Waals surface area contributed by atoms with Gasteiger partial charge in [-0.15, -0.1) is 0 Å². The van der Waals surface area contributed by atoms with E-state index in [1.54, 1.807) is 6.07 Å². The molecule has 1 aromatic carbocycles. The first-order valence-corrected chi connectivity index (χ1v) is 10.3. The summed E-state index contributed by atoms with van der Waals surface area (Å²) in [6.45, 7) is 6.61. The van der Waals surface area contributed by atoms with Crippen molar-refractivity contribution in [1.29, 1.82) is 0 Å². The van der Waals surface area contributed by atoms with Gasteiger partial charge in [0.25, 0.3) is 5.69 Å². The summed E-state index contributed by atoms with van der Waals surface area (Å²) in [7, 11) is -1.18. The molecule has 0 saturated carbocycles. The Labute approximate surface area is 128 Å². The molecular formula is C16H27NO3P+. The molecule has 0 aliphatic rings. The fraction of sp³-hybridized carbons (Fsp3) is 0.625. The highest BCUT2D eigenvalue weighted by molar-refractivity contribution is 7.75. The van der Waals surface area contributed by atoms with Crippen molar-refractivity contribution in [2.24, 2.45) is 0 Å². The van der Waals surface area contributed by atoms with E-state index >= 15 is 0 Å². The highest BCUT2D eigenvalue weighted by Gasteiger charge is 2.36. The zero-order valence-electron chi connectivity index (χ0n) is 13.3. The second-order valence-corrected chi connectivity index (χ2v) is 10.1. The third kappa shape index (κ3) is 4.96. The van der Waals surface area contributed by atoms with Crippen LogP contribution in [0.1, 0.15) is 45.6 Å². The van der Waals surface area contributed by atoms with E-state index in [1.165, 1.54) is 30.6 Å². The number of phenols is 1. The monoisotopic (exact) mass is 312 g/mol. The van der Waals surface area contributed by atoms with Gasteiger partial charge in [0.05, 0.1) is 29.6 Å². The maximum atomic E-state index is 10.9. The van der Waals surface area contributed by atoms with E-state index in [0.29, 0.717) is 0 Å². The molecule has 1 rings (SSSR count). The van der Waals surface area contributed by atoms with E-state index in [4.69, 9.17) is 0 Å². The quantitative estimate of drug-likeness (QED) is 0.394. The second-order valence-electron chi connectivity index (χ2n) is 5.74. The summed E-state index contributed by atoms with van der Waals surface area (Å²) < 4.78 is 0. The molecule has 0 fully saturated rings. The molecule has 21 heavy (non-hydrogen) atoms. The molecule has 0 heterocycles. The van der Waals surface area contributed by atoms with Crippen LogP contribution < -0.4 is 0 Å². The van der Waals surface area contributed by atoms with Crippen molar-refractivity contribution >= 4 is 12.9 Å². The summed E-state index contributed by atoms with van der Waals surface area (Å²) in [5.41, 5.74) is 0.832. The molecule has 0 saturated heterocycles. The Kier molecular flexibility index (Phi) is 7.10. The van der Waals surface area contributed by atoms with Gasteiger partial charge in [0.15, 0.2) is 0 Å². The normalized spacial score (nSPS) is 11.6. The lowest BCUT2D eigenvalue weighted by atomic mass is 10.2. The Bertz CT molecular complexity index is 460. The van der Waals surface area contributed by atoms with E-state index in [2.05, 4.69) is 20.8 Å². The lowest BCUT2D eigenvalue weighted by molar-refractivity contribution is -0.384. The number of non-ortho nitro benzene ring substituents is 1. The zero-order valence-corrected chi connectivity index (χ0v) is 14.2. The number of benzene rings is 1. The first-order valence-electron chi connectivity index (χ1n) is 7.79. The van der Waals surface area contributed by atoms with Crippen LogP contribution in [0, 0.1) is 10.1 Å². The van der Waals surface area contributed by atoms with E-state index in [-0.39, 0.29) is 16.4 Å². The molecule has 0 amide bonds. The van der Waals surface area contributed by atoms with Gasteiger partial charge in [0.2, 0.25) is 0 Å². The molecular weight excluding hydrogens is 285 g/mol. The van der Waals surface area contributed by atoms with Gasteiger partial charge in [-0.05, 0) is 25.3 Å². The fourth-order valence-electron chi connectivity index (χ4n) is 3.17. The van der Waals surface area contributed by atoms with Gasteiger partial charge in [0, 0.05) is 25.0 Å². The van der Waals surface area contributed by atoms with Crippen molar-refractivity contribution in [3.63, 3.8) is 0 Å². The van der Waals surface area contributed by atoms with Gasteiger partial charge in [-0.1, -0.05) is 20.8 Å². The van der Waals surface area contributed by atoms with Crippen LogP contribution in [-0.2, 0) is 6.16 Å². The SMILES string of the molecule is CCC[P+](CCC)(CCC)Cc1cc([N+](=O)[O-])ccc1O. The number of hydrogen-bond donors (Lipinski definition) is 1. The molecule has 0 atom stereocenters. The van der Waals surface area contributed by atoms with E-state index < -0.39 is 7.26 Å². The van der Waals surface area contributed by atoms with Gasteiger partial charge in [0.1, 0.15) is 5.75 Å². The van der Waals surface area contributed by atoms with Crippen molar-refractivity contribution in [3.8, 4) is 5.75 Å². The van der Waals surface area contributed by atoms with Crippen LogP contribution in [0.5, 0.6) is 5.75 Å². The first-order chi connectivity index (χ1) is 9.98. The Hall–Kier alpha value is -1.15. The molecule has 1 aromatic rings. The molecule has 0 spiro atoms. The molecule has 0 aliphatic heterocycles. The van der Waals surface area contributed by atoms with Crippen LogP contribution in [0.4, 0.5) is 5.69 Å². The van der Waals surface area contributed by atoms with Crippen molar-refractivity contribution in [3.05, 3.63) is 33.9 Å². The number of rotatable bonds is 9. The molecule has 4 nitrogen and oxygen atoms in total. The van der Waals surface area contributed by atoms with E-state index in [1.807, 2.05) is 0 Å². The number of nitrogens with zero attached hydrogens (tertiary/aromatic N) is 1. The highest BCUT2D eigenvalue weighted by atomic mass is 31.2. The van der Waals surface area contributed by atoms with Gasteiger partial charge >= 0.3 is 0 Å². The third-order valence-corrected chi connectivity index (χ3v) is 9.07. The lowest BCUT2D eigenvalue weighted by Crippen LogP contribution is -2.10. The topological polar surface area (TPSA) is 63.4 Å². The number of aromatic hydroxyl groups is 1. The van der Waals surface area contributed by atoms with Crippen molar-refractivity contribution in [2.75, 3.05) is 18.5 Å². The molecule has 0 radical (unpaired) electrons. The molecule has 0 aliphatic carbocycles. The summed E-state index contributed by atoms with van der Waals surface area (Å²) in [5, 5.41) is 21.0.